The van der Waals surface area contributed by atoms with E-state index < -0.39 is 107 Å². The van der Waals surface area contributed by atoms with Crippen molar-refractivity contribution in [2.75, 3.05) is 25.6 Å². The number of nitrogens with one attached hydrogen (secondary N) is 2. The predicted molar refractivity (Wildman–Crippen MR) is 192 cm³/mol. The van der Waals surface area contributed by atoms with Gasteiger partial charge in [-0.1, -0.05) is 43.3 Å². The zero-order valence-electron chi connectivity index (χ0n) is 30.2. The summed E-state index contributed by atoms with van der Waals surface area (Å²) in [6.07, 6.45) is -7.41. The number of anilines is 1. The van der Waals surface area contributed by atoms with Crippen LogP contribution in [0, 0.1) is 11.6 Å². The molecule has 3 N–H and O–H groups in total. The fourth-order valence-electron chi connectivity index (χ4n) is 5.10. The van der Waals surface area contributed by atoms with Crippen LogP contribution in [0.5, 0.6) is 5.75 Å². The molecule has 2 unspecified atom stereocenters. The molecule has 13 nitrogen and oxygen atoms in total. The zero-order chi connectivity index (χ0) is 42.1. The molecule has 0 aliphatic heterocycles. The van der Waals surface area contributed by atoms with E-state index in [2.05, 4.69) is 15.4 Å². The van der Waals surface area contributed by atoms with Crippen molar-refractivity contribution in [3.63, 3.8) is 0 Å². The number of thiophene rings is 1. The molecule has 2 amide bonds. The number of hydrogen-bond acceptors (Lipinski definition) is 11. The molecule has 0 spiro atoms. The van der Waals surface area contributed by atoms with Crippen molar-refractivity contribution in [2.45, 2.75) is 44.4 Å². The van der Waals surface area contributed by atoms with Crippen LogP contribution in [0.1, 0.15) is 57.8 Å². The highest BCUT2D eigenvalue weighted by Crippen LogP contribution is 2.36. The SMILES string of the molecule is CCC(C)OC(=O)C(COC(=O)Oc1c(F)cc(NC(=O)c2ccccc2-c2ccc(C(F)(F)F)cc2)c(C(=O)NCCC(=O)OC)c1F)(C(=O)O)c1cccs1. The van der Waals surface area contributed by atoms with Gasteiger partial charge >= 0.3 is 30.2 Å². The molecule has 0 saturated heterocycles. The Morgan fingerprint density at radius 3 is 2.21 bits per heavy atom. The van der Waals surface area contributed by atoms with Crippen molar-refractivity contribution in [2.24, 2.45) is 0 Å². The topological polar surface area (TPSA) is 184 Å². The summed E-state index contributed by atoms with van der Waals surface area (Å²) in [5, 5.41) is 16.0. The number of amides is 2. The lowest BCUT2D eigenvalue weighted by molar-refractivity contribution is -0.167. The van der Waals surface area contributed by atoms with Crippen molar-refractivity contribution in [1.82, 2.24) is 5.32 Å². The van der Waals surface area contributed by atoms with Crippen molar-refractivity contribution < 1.29 is 74.8 Å². The molecule has 0 saturated carbocycles. The first kappa shape index (κ1) is 43.4. The van der Waals surface area contributed by atoms with E-state index in [4.69, 9.17) is 14.2 Å². The third kappa shape index (κ3) is 10.1. The molecule has 0 aliphatic carbocycles. The van der Waals surface area contributed by atoms with Crippen LogP contribution in [0.3, 0.4) is 0 Å². The summed E-state index contributed by atoms with van der Waals surface area (Å²) in [4.78, 5) is 77.1. The van der Waals surface area contributed by atoms with E-state index >= 15 is 8.78 Å². The van der Waals surface area contributed by atoms with Gasteiger partial charge in [0, 0.05) is 23.1 Å². The first-order chi connectivity index (χ1) is 26.9. The highest BCUT2D eigenvalue weighted by atomic mass is 32.1. The van der Waals surface area contributed by atoms with Gasteiger partial charge in [-0.15, -0.1) is 11.3 Å². The van der Waals surface area contributed by atoms with Crippen LogP contribution in [0.4, 0.5) is 32.4 Å². The van der Waals surface area contributed by atoms with E-state index in [1.54, 1.807) is 6.92 Å². The zero-order valence-corrected chi connectivity index (χ0v) is 31.0. The second-order valence-corrected chi connectivity index (χ2v) is 13.0. The summed E-state index contributed by atoms with van der Waals surface area (Å²) >= 11 is 0.819. The first-order valence-electron chi connectivity index (χ1n) is 16.7. The minimum atomic E-state index is -4.64. The number of alkyl halides is 3. The van der Waals surface area contributed by atoms with Gasteiger partial charge in [0.1, 0.15) is 12.2 Å². The number of ether oxygens (including phenoxy) is 4. The smallest absolute Gasteiger partial charge is 0.480 e. The number of carboxylic acid groups (broad SMARTS) is 1. The number of aliphatic carboxylic acids is 1. The number of esters is 2. The molecule has 302 valence electrons. The van der Waals surface area contributed by atoms with E-state index in [-0.39, 0.29) is 21.6 Å². The average molecular weight is 821 g/mol. The lowest BCUT2D eigenvalue weighted by Gasteiger charge is -2.27. The molecule has 19 heteroatoms. The molecule has 1 heterocycles. The highest BCUT2D eigenvalue weighted by Gasteiger charge is 2.53. The van der Waals surface area contributed by atoms with Gasteiger partial charge in [-0.3, -0.25) is 24.0 Å². The molecule has 3 aromatic carbocycles. The summed E-state index contributed by atoms with van der Waals surface area (Å²) in [5.41, 5.74) is -5.44. The van der Waals surface area contributed by atoms with Crippen molar-refractivity contribution in [3.05, 3.63) is 105 Å². The molecule has 1 aromatic heterocycles. The number of hydrogen-bond donors (Lipinski definition) is 3. The standard InChI is InChI=1S/C38H33F5N2O11S/c1-4-20(2)55-35(51)37(34(49)50,27-10-7-17-57-27)19-54-36(52)56-31-25(39)18-26(29(30(31)40)33(48)44-16-15-28(46)53-3)45-32(47)24-9-6-5-8-23(24)21-11-13-22(14-12-21)38(41,42)43/h5-14,17-18,20H,4,15-16,19H2,1-3H3,(H,44,48)(H,45,47)(H,49,50). The molecule has 0 aliphatic rings. The molecule has 57 heavy (non-hydrogen) atoms. The fourth-order valence-corrected chi connectivity index (χ4v) is 5.99. The highest BCUT2D eigenvalue weighted by molar-refractivity contribution is 7.10. The van der Waals surface area contributed by atoms with Crippen molar-refractivity contribution >= 4 is 52.9 Å². The second-order valence-electron chi connectivity index (χ2n) is 12.0. The maximum Gasteiger partial charge on any atom is 0.514 e. The molecule has 2 atom stereocenters. The minimum Gasteiger partial charge on any atom is -0.480 e. The quantitative estimate of drug-likeness (QED) is 0.0364. The van der Waals surface area contributed by atoms with E-state index in [1.807, 2.05) is 0 Å². The first-order valence-corrected chi connectivity index (χ1v) is 17.6. The Hall–Kier alpha value is -6.37. The number of methoxy groups -OCH3 is 1. The number of benzene rings is 3. The van der Waals surface area contributed by atoms with Gasteiger partial charge in [-0.05, 0) is 54.1 Å². The average Bonchev–Trinajstić information content (AvgIpc) is 3.71. The normalized spacial score (nSPS) is 12.7. The molecule has 0 bridgehead atoms. The van der Waals surface area contributed by atoms with Crippen LogP contribution in [-0.4, -0.2) is 67.3 Å². The van der Waals surface area contributed by atoms with Gasteiger partial charge in [0.05, 0.1) is 30.9 Å². The van der Waals surface area contributed by atoms with E-state index in [0.29, 0.717) is 12.5 Å². The third-order valence-corrected chi connectivity index (χ3v) is 9.35. The summed E-state index contributed by atoms with van der Waals surface area (Å²) in [6.45, 7) is 1.45. The summed E-state index contributed by atoms with van der Waals surface area (Å²) in [6, 6.07) is 12.4. The Morgan fingerprint density at radius 2 is 1.61 bits per heavy atom. The van der Waals surface area contributed by atoms with Crippen LogP contribution in [0.25, 0.3) is 11.1 Å². The van der Waals surface area contributed by atoms with Crippen molar-refractivity contribution in [3.8, 4) is 16.9 Å². The molecular weight excluding hydrogens is 787 g/mol. The van der Waals surface area contributed by atoms with Crippen LogP contribution >= 0.6 is 11.3 Å². The van der Waals surface area contributed by atoms with Gasteiger partial charge in [-0.2, -0.15) is 13.2 Å². The summed E-state index contributed by atoms with van der Waals surface area (Å²) in [5.74, 6) is -11.4. The molecule has 4 rings (SSSR count). The number of carbonyl (C=O) groups is 6. The lowest BCUT2D eigenvalue weighted by atomic mass is 9.87. The number of rotatable bonds is 15. The maximum absolute atomic E-state index is 16.2. The number of halogens is 5. The van der Waals surface area contributed by atoms with E-state index in [1.165, 1.54) is 48.7 Å². The third-order valence-electron chi connectivity index (χ3n) is 8.32. The van der Waals surface area contributed by atoms with Crippen molar-refractivity contribution in [1.29, 1.82) is 0 Å². The Bertz CT molecular complexity index is 2140. The lowest BCUT2D eigenvalue weighted by Crippen LogP contribution is -2.49. The second kappa shape index (κ2) is 18.5. The number of carbonyl (C=O) groups excluding carboxylic acids is 5. The summed E-state index contributed by atoms with van der Waals surface area (Å²) < 4.78 is 90.7. The van der Waals surface area contributed by atoms with Crippen LogP contribution in [-0.2, 0) is 40.2 Å². The summed E-state index contributed by atoms with van der Waals surface area (Å²) in [7, 11) is 1.07. The monoisotopic (exact) mass is 820 g/mol. The maximum atomic E-state index is 16.2. The van der Waals surface area contributed by atoms with Gasteiger partial charge in [0.15, 0.2) is 11.6 Å². The number of carboxylic acids is 1. The van der Waals surface area contributed by atoms with E-state index in [9.17, 15) is 47.0 Å². The molecular formula is C38H33F5N2O11S. The Morgan fingerprint density at radius 1 is 0.930 bits per heavy atom. The van der Waals surface area contributed by atoms with Gasteiger partial charge in [0.2, 0.25) is 11.2 Å². The van der Waals surface area contributed by atoms with Gasteiger partial charge < -0.3 is 34.7 Å². The van der Waals surface area contributed by atoms with Crippen LogP contribution < -0.4 is 15.4 Å². The van der Waals surface area contributed by atoms with Gasteiger partial charge in [-0.25, -0.2) is 13.6 Å². The predicted octanol–water partition coefficient (Wildman–Crippen LogP) is 7.14. The van der Waals surface area contributed by atoms with Crippen LogP contribution in [0.2, 0.25) is 0 Å². The molecule has 4 aromatic rings. The van der Waals surface area contributed by atoms with E-state index in [0.717, 1.165) is 42.7 Å². The minimum absolute atomic E-state index is 0.101. The molecule has 0 radical (unpaired) electrons. The van der Waals surface area contributed by atoms with Gasteiger partial charge in [0.25, 0.3) is 11.8 Å². The Labute approximate surface area is 324 Å². The fraction of sp³-hybridized carbons (Fsp3) is 0.263. The largest absolute Gasteiger partial charge is 0.514 e. The van der Waals surface area contributed by atoms with Crippen LogP contribution in [0.15, 0.2) is 72.1 Å². The Kier molecular flexibility index (Phi) is 14.1. The molecule has 0 fully saturated rings. The Balaban J connectivity index is 1.69.